The van der Waals surface area contributed by atoms with Gasteiger partial charge in [-0.15, -0.1) is 0 Å². The van der Waals surface area contributed by atoms with Crippen LogP contribution in [0.5, 0.6) is 0 Å². The van der Waals surface area contributed by atoms with Gasteiger partial charge < -0.3 is 15.6 Å². The summed E-state index contributed by atoms with van der Waals surface area (Å²) in [6.45, 7) is 4.65. The molecule has 3 unspecified atom stereocenters. The largest absolute Gasteiger partial charge is 0.390 e. The van der Waals surface area contributed by atoms with Gasteiger partial charge in [-0.25, -0.2) is 0 Å². The molecule has 0 aromatic rings. The highest BCUT2D eigenvalue weighted by Gasteiger charge is 2.24. The predicted octanol–water partition coefficient (Wildman–Crippen LogP) is 1.15. The van der Waals surface area contributed by atoms with Crippen molar-refractivity contribution in [2.45, 2.75) is 45.3 Å². The van der Waals surface area contributed by atoms with Crippen molar-refractivity contribution in [1.29, 1.82) is 0 Å². The van der Waals surface area contributed by atoms with Crippen LogP contribution in [0.2, 0.25) is 0 Å². The van der Waals surface area contributed by atoms with Gasteiger partial charge in [-0.2, -0.15) is 0 Å². The number of methoxy groups -OCH3 is 1. The van der Waals surface area contributed by atoms with Crippen molar-refractivity contribution in [3.05, 3.63) is 0 Å². The molecule has 3 heteroatoms. The lowest BCUT2D eigenvalue weighted by molar-refractivity contribution is -0.0428. The Morgan fingerprint density at radius 2 is 2.00 bits per heavy atom. The number of hydrogen-bond donors (Lipinski definition) is 2. The van der Waals surface area contributed by atoms with Gasteiger partial charge in [-0.1, -0.05) is 20.3 Å². The van der Waals surface area contributed by atoms with Gasteiger partial charge >= 0.3 is 0 Å². The van der Waals surface area contributed by atoms with E-state index in [-0.39, 0.29) is 12.0 Å². The summed E-state index contributed by atoms with van der Waals surface area (Å²) in [7, 11) is 1.64. The molecule has 0 aromatic heterocycles. The summed E-state index contributed by atoms with van der Waals surface area (Å²) in [6.07, 6.45) is 2.37. The third kappa shape index (κ3) is 4.07. The van der Waals surface area contributed by atoms with Crippen LogP contribution >= 0.6 is 0 Å². The Balaban J connectivity index is 4.07. The maximum Gasteiger partial charge on any atom is 0.0841 e. The van der Waals surface area contributed by atoms with E-state index in [1.165, 1.54) is 0 Å². The first-order valence-corrected chi connectivity index (χ1v) is 5.12. The maximum absolute atomic E-state index is 9.89. The molecule has 0 aliphatic carbocycles. The number of nitrogens with two attached hydrogens (primary N) is 1. The van der Waals surface area contributed by atoms with Gasteiger partial charge in [0.05, 0.1) is 12.2 Å². The first-order chi connectivity index (χ1) is 6.21. The quantitative estimate of drug-likeness (QED) is 0.631. The Bertz CT molecular complexity index is 115. The summed E-state index contributed by atoms with van der Waals surface area (Å²) < 4.78 is 5.18. The first kappa shape index (κ1) is 12.9. The van der Waals surface area contributed by atoms with Gasteiger partial charge in [0.2, 0.25) is 0 Å². The fourth-order valence-electron chi connectivity index (χ4n) is 1.65. The molecule has 0 aliphatic rings. The minimum atomic E-state index is -0.417. The fraction of sp³-hybridized carbons (Fsp3) is 1.00. The summed E-state index contributed by atoms with van der Waals surface area (Å²) >= 11 is 0. The monoisotopic (exact) mass is 189 g/mol. The van der Waals surface area contributed by atoms with Crippen LogP contribution in [0, 0.1) is 5.92 Å². The van der Waals surface area contributed by atoms with E-state index in [1.807, 2.05) is 6.92 Å². The first-order valence-electron chi connectivity index (χ1n) is 5.12. The lowest BCUT2D eigenvalue weighted by atomic mass is 9.92. The van der Waals surface area contributed by atoms with E-state index in [2.05, 4.69) is 6.92 Å². The van der Waals surface area contributed by atoms with Gasteiger partial charge in [-0.05, 0) is 25.3 Å². The maximum atomic E-state index is 9.89. The number of rotatable bonds is 7. The van der Waals surface area contributed by atoms with Crippen LogP contribution in [0.15, 0.2) is 0 Å². The van der Waals surface area contributed by atoms with Crippen molar-refractivity contribution in [3.63, 3.8) is 0 Å². The molecule has 13 heavy (non-hydrogen) atoms. The second-order valence-electron chi connectivity index (χ2n) is 3.46. The standard InChI is InChI=1S/C10H23NO2/c1-4-6-8(7-11)10(12)9(5-2)13-3/h8-10,12H,4-7,11H2,1-3H3. The van der Waals surface area contributed by atoms with E-state index in [0.29, 0.717) is 6.54 Å². The molecule has 0 bridgehead atoms. The molecule has 3 N–H and O–H groups in total. The van der Waals surface area contributed by atoms with Gasteiger partial charge in [0.15, 0.2) is 0 Å². The zero-order chi connectivity index (χ0) is 10.3. The molecule has 0 saturated heterocycles. The average Bonchev–Trinajstić information content (AvgIpc) is 2.15. The van der Waals surface area contributed by atoms with Crippen LogP contribution in [0.1, 0.15) is 33.1 Å². The third-order valence-corrected chi connectivity index (χ3v) is 2.53. The molecule has 0 aromatic carbocycles. The van der Waals surface area contributed by atoms with Gasteiger partial charge in [0, 0.05) is 7.11 Å². The van der Waals surface area contributed by atoms with Crippen molar-refractivity contribution in [2.75, 3.05) is 13.7 Å². The Labute approximate surface area is 81.3 Å². The fourth-order valence-corrected chi connectivity index (χ4v) is 1.65. The third-order valence-electron chi connectivity index (χ3n) is 2.53. The molecular weight excluding hydrogens is 166 g/mol. The molecule has 80 valence electrons. The molecular formula is C10H23NO2. The highest BCUT2D eigenvalue weighted by atomic mass is 16.5. The molecule has 0 rings (SSSR count). The summed E-state index contributed by atoms with van der Waals surface area (Å²) in [4.78, 5) is 0. The van der Waals surface area contributed by atoms with Crippen LogP contribution in [-0.2, 0) is 4.74 Å². The molecule has 3 nitrogen and oxygen atoms in total. The SMILES string of the molecule is CCCC(CN)C(O)C(CC)OC. The van der Waals surface area contributed by atoms with Crippen molar-refractivity contribution in [3.8, 4) is 0 Å². The number of aliphatic hydroxyl groups excluding tert-OH is 1. The Hall–Kier alpha value is -0.120. The summed E-state index contributed by atoms with van der Waals surface area (Å²) in [5.41, 5.74) is 5.59. The molecule has 0 aliphatic heterocycles. The Morgan fingerprint density at radius 1 is 1.38 bits per heavy atom. The number of ether oxygens (including phenoxy) is 1. The lowest BCUT2D eigenvalue weighted by Gasteiger charge is -2.27. The minimum Gasteiger partial charge on any atom is -0.390 e. The van der Waals surface area contributed by atoms with Crippen LogP contribution in [0.4, 0.5) is 0 Å². The van der Waals surface area contributed by atoms with Crippen LogP contribution in [0.25, 0.3) is 0 Å². The van der Waals surface area contributed by atoms with Crippen LogP contribution in [0.3, 0.4) is 0 Å². The molecule has 3 atom stereocenters. The second kappa shape index (κ2) is 7.30. The second-order valence-corrected chi connectivity index (χ2v) is 3.46. The van der Waals surface area contributed by atoms with E-state index < -0.39 is 6.10 Å². The van der Waals surface area contributed by atoms with E-state index in [1.54, 1.807) is 7.11 Å². The highest BCUT2D eigenvalue weighted by molar-refractivity contribution is 4.76. The molecule has 0 radical (unpaired) electrons. The summed E-state index contributed by atoms with van der Waals surface area (Å²) in [6, 6.07) is 0. The van der Waals surface area contributed by atoms with Gasteiger partial charge in [-0.3, -0.25) is 0 Å². The van der Waals surface area contributed by atoms with Crippen molar-refractivity contribution in [1.82, 2.24) is 0 Å². The average molecular weight is 189 g/mol. The molecule has 0 spiro atoms. The van der Waals surface area contributed by atoms with E-state index in [4.69, 9.17) is 10.5 Å². The van der Waals surface area contributed by atoms with Crippen molar-refractivity contribution < 1.29 is 9.84 Å². The minimum absolute atomic E-state index is 0.0694. The van der Waals surface area contributed by atoms with Gasteiger partial charge in [0.1, 0.15) is 0 Å². The van der Waals surface area contributed by atoms with Gasteiger partial charge in [0.25, 0.3) is 0 Å². The number of hydrogen-bond acceptors (Lipinski definition) is 3. The molecule has 0 saturated carbocycles. The van der Waals surface area contributed by atoms with Crippen LogP contribution < -0.4 is 5.73 Å². The van der Waals surface area contributed by atoms with E-state index in [9.17, 15) is 5.11 Å². The molecule has 0 fully saturated rings. The van der Waals surface area contributed by atoms with Crippen molar-refractivity contribution >= 4 is 0 Å². The Kier molecular flexibility index (Phi) is 7.23. The lowest BCUT2D eigenvalue weighted by Crippen LogP contribution is -2.38. The highest BCUT2D eigenvalue weighted by Crippen LogP contribution is 2.16. The van der Waals surface area contributed by atoms with Crippen molar-refractivity contribution in [2.24, 2.45) is 11.7 Å². The predicted molar refractivity (Wildman–Crippen MR) is 54.5 cm³/mol. The summed E-state index contributed by atoms with van der Waals surface area (Å²) in [5.74, 6) is 0.176. The van der Waals surface area contributed by atoms with Crippen LogP contribution in [-0.4, -0.2) is 31.0 Å². The zero-order valence-corrected chi connectivity index (χ0v) is 8.99. The van der Waals surface area contributed by atoms with E-state index in [0.717, 1.165) is 19.3 Å². The topological polar surface area (TPSA) is 55.5 Å². The smallest absolute Gasteiger partial charge is 0.0841 e. The summed E-state index contributed by atoms with van der Waals surface area (Å²) in [5, 5.41) is 9.89. The normalized spacial score (nSPS) is 18.2. The van der Waals surface area contributed by atoms with E-state index >= 15 is 0 Å². The molecule has 0 heterocycles. The zero-order valence-electron chi connectivity index (χ0n) is 8.99. The number of aliphatic hydroxyl groups is 1. The Morgan fingerprint density at radius 3 is 2.31 bits per heavy atom. The molecule has 0 amide bonds.